The van der Waals surface area contributed by atoms with Gasteiger partial charge in [-0.3, -0.25) is 4.79 Å². The molecule has 0 unspecified atom stereocenters. The smallest absolute Gasteiger partial charge is 0.153 e. The third kappa shape index (κ3) is 1.83. The van der Waals surface area contributed by atoms with Crippen molar-refractivity contribution in [3.8, 4) is 6.07 Å². The Labute approximate surface area is 72.0 Å². The number of nitrogens with zero attached hydrogens (tertiary/aromatic N) is 1. The van der Waals surface area contributed by atoms with Crippen molar-refractivity contribution in [3.05, 3.63) is 0 Å². The second kappa shape index (κ2) is 3.68. The highest BCUT2D eigenvalue weighted by molar-refractivity contribution is 5.88. The summed E-state index contributed by atoms with van der Waals surface area (Å²) in [6, 6.07) is 1.88. The minimum atomic E-state index is -0.210. The van der Waals surface area contributed by atoms with Crippen LogP contribution < -0.4 is 0 Å². The topological polar surface area (TPSA) is 61.1 Å². The molecule has 0 bridgehead atoms. The van der Waals surface area contributed by atoms with E-state index in [0.29, 0.717) is 6.42 Å². The average molecular weight is 167 g/mol. The van der Waals surface area contributed by atoms with Crippen LogP contribution in [0.5, 0.6) is 0 Å². The molecule has 66 valence electrons. The van der Waals surface area contributed by atoms with Crippen LogP contribution in [0.1, 0.15) is 32.1 Å². The zero-order valence-electron chi connectivity index (χ0n) is 7.05. The Kier molecular flexibility index (Phi) is 2.83. The Balaban J connectivity index is 2.38. The molecular weight excluding hydrogens is 154 g/mol. The standard InChI is InChI=1S/C9H13NO2/c10-6-2-8(12)9(4-5-9)3-1-7-11/h11H,1-5,7H2. The van der Waals surface area contributed by atoms with E-state index in [2.05, 4.69) is 0 Å². The second-order valence-electron chi connectivity index (χ2n) is 3.37. The SMILES string of the molecule is N#CCC(=O)C1(CCCO)CC1. The van der Waals surface area contributed by atoms with Gasteiger partial charge < -0.3 is 5.11 Å². The monoisotopic (exact) mass is 167 g/mol. The molecule has 1 saturated carbocycles. The lowest BCUT2D eigenvalue weighted by molar-refractivity contribution is -0.123. The Hall–Kier alpha value is -0.880. The van der Waals surface area contributed by atoms with E-state index in [1.165, 1.54) is 0 Å². The Morgan fingerprint density at radius 1 is 1.58 bits per heavy atom. The number of aliphatic hydroxyl groups excluding tert-OH is 1. The van der Waals surface area contributed by atoms with Gasteiger partial charge in [-0.15, -0.1) is 0 Å². The van der Waals surface area contributed by atoms with Crippen LogP contribution in [0, 0.1) is 16.7 Å². The van der Waals surface area contributed by atoms with Gasteiger partial charge in [-0.2, -0.15) is 5.26 Å². The molecule has 1 fully saturated rings. The van der Waals surface area contributed by atoms with Crippen LogP contribution in [-0.4, -0.2) is 17.5 Å². The summed E-state index contributed by atoms with van der Waals surface area (Å²) in [7, 11) is 0. The summed E-state index contributed by atoms with van der Waals surface area (Å²) in [6.07, 6.45) is 3.29. The van der Waals surface area contributed by atoms with Gasteiger partial charge in [0.15, 0.2) is 5.78 Å². The Morgan fingerprint density at radius 2 is 2.25 bits per heavy atom. The van der Waals surface area contributed by atoms with Gasteiger partial charge in [0.2, 0.25) is 0 Å². The van der Waals surface area contributed by atoms with Crippen molar-refractivity contribution in [1.29, 1.82) is 5.26 Å². The number of rotatable bonds is 5. The van der Waals surface area contributed by atoms with Gasteiger partial charge in [0.05, 0.1) is 12.5 Å². The first-order valence-electron chi connectivity index (χ1n) is 4.26. The van der Waals surface area contributed by atoms with E-state index in [4.69, 9.17) is 10.4 Å². The molecule has 0 aromatic rings. The van der Waals surface area contributed by atoms with E-state index in [1.54, 1.807) is 0 Å². The summed E-state index contributed by atoms with van der Waals surface area (Å²) < 4.78 is 0. The van der Waals surface area contributed by atoms with E-state index >= 15 is 0 Å². The largest absolute Gasteiger partial charge is 0.396 e. The molecule has 1 rings (SSSR count). The summed E-state index contributed by atoms with van der Waals surface area (Å²) in [5, 5.41) is 16.9. The molecule has 3 heteroatoms. The van der Waals surface area contributed by atoms with Crippen molar-refractivity contribution in [3.63, 3.8) is 0 Å². The minimum Gasteiger partial charge on any atom is -0.396 e. The van der Waals surface area contributed by atoms with Crippen molar-refractivity contribution in [2.45, 2.75) is 32.1 Å². The minimum absolute atomic E-state index is 0.0332. The normalized spacial score (nSPS) is 18.3. The van der Waals surface area contributed by atoms with Crippen LogP contribution >= 0.6 is 0 Å². The first-order chi connectivity index (χ1) is 5.75. The fourth-order valence-corrected chi connectivity index (χ4v) is 1.50. The molecule has 0 aliphatic heterocycles. The molecule has 1 aliphatic rings. The second-order valence-corrected chi connectivity index (χ2v) is 3.37. The van der Waals surface area contributed by atoms with Crippen LogP contribution in [0.2, 0.25) is 0 Å². The highest BCUT2D eigenvalue weighted by Gasteiger charge is 2.47. The molecular formula is C9H13NO2. The van der Waals surface area contributed by atoms with E-state index in [0.717, 1.165) is 19.3 Å². The maximum absolute atomic E-state index is 11.3. The van der Waals surface area contributed by atoms with Crippen molar-refractivity contribution in [2.24, 2.45) is 5.41 Å². The lowest BCUT2D eigenvalue weighted by atomic mass is 9.93. The van der Waals surface area contributed by atoms with Crippen LogP contribution in [0.15, 0.2) is 0 Å². The number of aliphatic hydroxyl groups is 1. The molecule has 1 aliphatic carbocycles. The van der Waals surface area contributed by atoms with Gasteiger partial charge in [-0.05, 0) is 25.7 Å². The predicted molar refractivity (Wildman–Crippen MR) is 43.2 cm³/mol. The van der Waals surface area contributed by atoms with E-state index in [-0.39, 0.29) is 24.2 Å². The summed E-state index contributed by atoms with van der Waals surface area (Å²) in [4.78, 5) is 11.3. The third-order valence-corrected chi connectivity index (χ3v) is 2.50. The van der Waals surface area contributed by atoms with E-state index in [9.17, 15) is 4.79 Å². The fraction of sp³-hybridized carbons (Fsp3) is 0.778. The zero-order valence-corrected chi connectivity index (χ0v) is 7.05. The number of carbonyl (C=O) groups is 1. The number of hydrogen-bond acceptors (Lipinski definition) is 3. The molecule has 0 aromatic heterocycles. The molecule has 0 radical (unpaired) electrons. The molecule has 0 saturated heterocycles. The van der Waals surface area contributed by atoms with Crippen LogP contribution in [0.4, 0.5) is 0 Å². The molecule has 0 spiro atoms. The summed E-state index contributed by atoms with van der Waals surface area (Å²) >= 11 is 0. The molecule has 1 N–H and O–H groups in total. The van der Waals surface area contributed by atoms with E-state index < -0.39 is 0 Å². The Morgan fingerprint density at radius 3 is 2.67 bits per heavy atom. The third-order valence-electron chi connectivity index (χ3n) is 2.50. The van der Waals surface area contributed by atoms with E-state index in [1.807, 2.05) is 6.07 Å². The predicted octanol–water partition coefficient (Wildman–Crippen LogP) is 1.02. The van der Waals surface area contributed by atoms with Crippen LogP contribution in [-0.2, 0) is 4.79 Å². The lowest BCUT2D eigenvalue weighted by Gasteiger charge is -2.09. The zero-order chi connectivity index (χ0) is 9.03. The number of Topliss-reactive ketones (excluding diaryl/α,β-unsaturated/α-hetero) is 1. The fourth-order valence-electron chi connectivity index (χ4n) is 1.50. The maximum atomic E-state index is 11.3. The van der Waals surface area contributed by atoms with Gasteiger partial charge in [0.25, 0.3) is 0 Å². The van der Waals surface area contributed by atoms with Gasteiger partial charge in [0.1, 0.15) is 0 Å². The molecule has 0 amide bonds. The number of ketones is 1. The average Bonchev–Trinajstić information content (AvgIpc) is 2.82. The Bertz CT molecular complexity index is 213. The first-order valence-corrected chi connectivity index (χ1v) is 4.26. The lowest BCUT2D eigenvalue weighted by Crippen LogP contribution is -2.15. The van der Waals surface area contributed by atoms with Gasteiger partial charge in [-0.25, -0.2) is 0 Å². The molecule has 12 heavy (non-hydrogen) atoms. The quantitative estimate of drug-likeness (QED) is 0.665. The molecule has 0 atom stereocenters. The van der Waals surface area contributed by atoms with Gasteiger partial charge >= 0.3 is 0 Å². The highest BCUT2D eigenvalue weighted by Crippen LogP contribution is 2.50. The summed E-state index contributed by atoms with van der Waals surface area (Å²) in [6.45, 7) is 0.140. The highest BCUT2D eigenvalue weighted by atomic mass is 16.3. The van der Waals surface area contributed by atoms with Crippen molar-refractivity contribution in [1.82, 2.24) is 0 Å². The van der Waals surface area contributed by atoms with Gasteiger partial charge in [-0.1, -0.05) is 0 Å². The maximum Gasteiger partial charge on any atom is 0.153 e. The van der Waals surface area contributed by atoms with Crippen molar-refractivity contribution in [2.75, 3.05) is 6.61 Å². The van der Waals surface area contributed by atoms with Gasteiger partial charge in [0, 0.05) is 12.0 Å². The number of carbonyl (C=O) groups excluding carboxylic acids is 1. The first kappa shape index (κ1) is 9.21. The summed E-state index contributed by atoms with van der Waals surface area (Å²) in [5.74, 6) is 0.0680. The molecule has 0 aromatic carbocycles. The van der Waals surface area contributed by atoms with Crippen LogP contribution in [0.3, 0.4) is 0 Å². The summed E-state index contributed by atoms with van der Waals surface area (Å²) in [5.41, 5.74) is -0.210. The van der Waals surface area contributed by atoms with Crippen LogP contribution in [0.25, 0.3) is 0 Å². The van der Waals surface area contributed by atoms with Crippen molar-refractivity contribution >= 4 is 5.78 Å². The molecule has 0 heterocycles. The molecule has 3 nitrogen and oxygen atoms in total. The number of nitriles is 1. The van der Waals surface area contributed by atoms with Crippen molar-refractivity contribution < 1.29 is 9.90 Å². The number of hydrogen-bond donors (Lipinski definition) is 1.